The minimum absolute atomic E-state index is 0.180. The van der Waals surface area contributed by atoms with Gasteiger partial charge < -0.3 is 5.32 Å². The Morgan fingerprint density at radius 2 is 2.38 bits per heavy atom. The van der Waals surface area contributed by atoms with Gasteiger partial charge in [-0.3, -0.25) is 4.79 Å². The molecule has 0 saturated heterocycles. The van der Waals surface area contributed by atoms with Gasteiger partial charge in [-0.15, -0.1) is 0 Å². The van der Waals surface area contributed by atoms with Crippen LogP contribution in [0.25, 0.3) is 0 Å². The fraction of sp³-hybridized carbons (Fsp3) is 0.462. The van der Waals surface area contributed by atoms with Crippen molar-refractivity contribution in [1.29, 1.82) is 0 Å². The van der Waals surface area contributed by atoms with E-state index in [-0.39, 0.29) is 5.78 Å². The van der Waals surface area contributed by atoms with Crippen LogP contribution in [0.2, 0.25) is 0 Å². The van der Waals surface area contributed by atoms with Gasteiger partial charge in [0.1, 0.15) is 11.4 Å². The summed E-state index contributed by atoms with van der Waals surface area (Å²) in [7, 11) is 0. The number of ketones is 1. The first-order chi connectivity index (χ1) is 8.83. The molecule has 86 valence electrons. The largest absolute Gasteiger partial charge is 0.304 e. The fourth-order valence-corrected chi connectivity index (χ4v) is 2.29. The van der Waals surface area contributed by atoms with E-state index in [4.69, 9.17) is 4.11 Å². The van der Waals surface area contributed by atoms with Crippen LogP contribution in [0.3, 0.4) is 0 Å². The topological polar surface area (TPSA) is 29.1 Å². The molecule has 1 aliphatic rings. The highest BCUT2D eigenvalue weighted by Crippen LogP contribution is 2.34. The van der Waals surface area contributed by atoms with Gasteiger partial charge in [0.05, 0.1) is 0 Å². The van der Waals surface area contributed by atoms with Crippen LogP contribution in [-0.4, -0.2) is 12.8 Å². The summed E-state index contributed by atoms with van der Waals surface area (Å²) >= 11 is 0. The van der Waals surface area contributed by atoms with Crippen molar-refractivity contribution in [3.8, 4) is 0 Å². The molecule has 1 N–H and O–H groups in total. The smallest absolute Gasteiger partial charge is 0.157 e. The van der Waals surface area contributed by atoms with Gasteiger partial charge in [0.2, 0.25) is 0 Å². The Morgan fingerprint density at radius 3 is 3.06 bits per heavy atom. The molecule has 16 heavy (non-hydrogen) atoms. The van der Waals surface area contributed by atoms with Crippen molar-refractivity contribution in [2.24, 2.45) is 0 Å². The van der Waals surface area contributed by atoms with Crippen molar-refractivity contribution in [1.82, 2.24) is 5.32 Å². The van der Waals surface area contributed by atoms with Gasteiger partial charge in [0, 0.05) is 10.5 Å². The quantitative estimate of drug-likeness (QED) is 0.835. The molecule has 2 nitrogen and oxygen atoms in total. The first-order valence-electron chi connectivity index (χ1n) is 6.92. The molecule has 1 aromatic carbocycles. The molecule has 1 unspecified atom stereocenters. The van der Waals surface area contributed by atoms with Crippen molar-refractivity contribution in [3.63, 3.8) is 0 Å². The first-order valence-corrected chi connectivity index (χ1v) is 5.42. The lowest BCUT2D eigenvalue weighted by Gasteiger charge is -2.36. The zero-order valence-electron chi connectivity index (χ0n) is 11.9. The Labute approximate surface area is 99.1 Å². The van der Waals surface area contributed by atoms with E-state index in [1.807, 2.05) is 0 Å². The number of likely N-dealkylation sites (N-methyl/N-ethyl adjacent to an activating group) is 1. The number of rotatable bonds is 2. The number of nitrogens with one attached hydrogen (secondary N) is 1. The van der Waals surface area contributed by atoms with Gasteiger partial charge in [0.25, 0.3) is 0 Å². The van der Waals surface area contributed by atoms with Crippen molar-refractivity contribution >= 4 is 5.78 Å². The molecule has 0 bridgehead atoms. The molecule has 1 fully saturated rings. The van der Waals surface area contributed by atoms with Crippen LogP contribution in [0, 0.1) is 5.82 Å². The second kappa shape index (κ2) is 4.34. The first kappa shape index (κ1) is 7.96. The fourth-order valence-electron chi connectivity index (χ4n) is 2.29. The summed E-state index contributed by atoms with van der Waals surface area (Å²) in [5, 5.41) is 2.45. The lowest BCUT2D eigenvalue weighted by Crippen LogP contribution is -2.49. The summed E-state index contributed by atoms with van der Waals surface area (Å²) in [5.74, 6) is -0.650. The molecule has 0 heterocycles. The van der Waals surface area contributed by atoms with Gasteiger partial charge in [-0.25, -0.2) is 4.39 Å². The van der Waals surface area contributed by atoms with E-state index in [2.05, 4.69) is 5.32 Å². The molecule has 2 rings (SSSR count). The maximum absolute atomic E-state index is 13.4. The van der Waals surface area contributed by atoms with Crippen molar-refractivity contribution < 1.29 is 13.3 Å². The summed E-state index contributed by atoms with van der Waals surface area (Å²) in [5.41, 5.74) is -0.890. The molecule has 0 amide bonds. The normalized spacial score (nSPS) is 29.3. The highest BCUT2D eigenvalue weighted by Gasteiger charge is 2.39. The van der Waals surface area contributed by atoms with E-state index in [0.29, 0.717) is 18.4 Å². The predicted octanol–water partition coefficient (Wildman–Crippen LogP) is 2.38. The lowest BCUT2D eigenvalue weighted by atomic mass is 9.75. The van der Waals surface area contributed by atoms with E-state index < -0.39 is 18.3 Å². The summed E-state index contributed by atoms with van der Waals surface area (Å²) in [6.45, 7) is -2.45. The van der Waals surface area contributed by atoms with Gasteiger partial charge in [-0.05, 0) is 37.5 Å². The van der Waals surface area contributed by atoms with Crippen LogP contribution in [0.4, 0.5) is 4.39 Å². The zero-order chi connectivity index (χ0) is 14.1. The Hall–Kier alpha value is -1.22. The second-order valence-electron chi connectivity index (χ2n) is 4.17. The van der Waals surface area contributed by atoms with Crippen molar-refractivity contribution in [3.05, 3.63) is 35.6 Å². The average Bonchev–Trinajstić information content (AvgIpc) is 2.30. The van der Waals surface area contributed by atoms with Crippen molar-refractivity contribution in [2.75, 3.05) is 6.98 Å². The summed E-state index contributed by atoms with van der Waals surface area (Å²) in [6, 6.07) is 5.61. The SMILES string of the molecule is [2H]C([2H])([2H])NC1(c2cccc(F)c2)CCCCC1=O. The molecule has 0 aliphatic heterocycles. The number of carbonyl (C=O) groups excluding carboxylic acids is 1. The molecule has 1 aromatic rings. The highest BCUT2D eigenvalue weighted by molar-refractivity contribution is 5.90. The lowest BCUT2D eigenvalue weighted by molar-refractivity contribution is -0.127. The second-order valence-corrected chi connectivity index (χ2v) is 4.17. The maximum atomic E-state index is 13.4. The molecule has 1 saturated carbocycles. The number of hydrogen-bond donors (Lipinski definition) is 1. The van der Waals surface area contributed by atoms with Crippen LogP contribution in [0.5, 0.6) is 0 Å². The van der Waals surface area contributed by atoms with E-state index in [1.54, 1.807) is 6.07 Å². The van der Waals surface area contributed by atoms with Gasteiger partial charge >= 0.3 is 0 Å². The highest BCUT2D eigenvalue weighted by atomic mass is 19.1. The Morgan fingerprint density at radius 1 is 1.50 bits per heavy atom. The molecular formula is C13H16FNO. The monoisotopic (exact) mass is 224 g/mol. The molecule has 0 spiro atoms. The third kappa shape index (κ3) is 1.76. The average molecular weight is 224 g/mol. The minimum atomic E-state index is -2.45. The molecule has 3 heteroatoms. The van der Waals surface area contributed by atoms with E-state index >= 15 is 0 Å². The Bertz CT molecular complexity index is 489. The van der Waals surface area contributed by atoms with E-state index in [9.17, 15) is 9.18 Å². The van der Waals surface area contributed by atoms with Crippen LogP contribution in [0.1, 0.15) is 35.4 Å². The molecular weight excluding hydrogens is 205 g/mol. The number of benzene rings is 1. The number of Topliss-reactive ketones (excluding diaryl/α,β-unsaturated/α-hetero) is 1. The third-order valence-corrected chi connectivity index (χ3v) is 3.21. The number of halogens is 1. The van der Waals surface area contributed by atoms with Crippen LogP contribution in [0.15, 0.2) is 24.3 Å². The summed E-state index contributed by atoms with van der Waals surface area (Å²) < 4.78 is 35.5. The van der Waals surface area contributed by atoms with E-state index in [1.165, 1.54) is 18.2 Å². The standard InChI is InChI=1S/C13H16FNO/c1-15-13(8-3-2-7-12(13)16)10-5-4-6-11(14)9-10/h4-6,9,15H,2-3,7-8H2,1H3/i1D3. The zero-order valence-corrected chi connectivity index (χ0v) is 8.92. The maximum Gasteiger partial charge on any atom is 0.157 e. The van der Waals surface area contributed by atoms with Gasteiger partial charge in [0.15, 0.2) is 5.78 Å². The predicted molar refractivity (Wildman–Crippen MR) is 60.6 cm³/mol. The van der Waals surface area contributed by atoms with Gasteiger partial charge in [-0.2, -0.15) is 0 Å². The molecule has 0 radical (unpaired) electrons. The Kier molecular flexibility index (Phi) is 2.16. The number of carbonyl (C=O) groups is 1. The Balaban J connectivity index is 2.47. The van der Waals surface area contributed by atoms with Crippen LogP contribution in [-0.2, 0) is 10.3 Å². The van der Waals surface area contributed by atoms with Crippen LogP contribution < -0.4 is 5.32 Å². The molecule has 0 aromatic heterocycles. The summed E-state index contributed by atoms with van der Waals surface area (Å²) in [6.07, 6.45) is 2.19. The van der Waals surface area contributed by atoms with E-state index in [0.717, 1.165) is 12.8 Å². The molecule has 1 atom stereocenters. The molecule has 1 aliphatic carbocycles. The van der Waals surface area contributed by atoms with Crippen LogP contribution >= 0.6 is 0 Å². The van der Waals surface area contributed by atoms with Crippen molar-refractivity contribution in [2.45, 2.75) is 31.2 Å². The summed E-state index contributed by atoms with van der Waals surface area (Å²) in [4.78, 5) is 12.3. The minimum Gasteiger partial charge on any atom is -0.304 e. The number of hydrogen-bond acceptors (Lipinski definition) is 2. The van der Waals surface area contributed by atoms with Gasteiger partial charge in [-0.1, -0.05) is 18.6 Å². The third-order valence-electron chi connectivity index (χ3n) is 3.21.